The maximum absolute atomic E-state index is 11.2. The summed E-state index contributed by atoms with van der Waals surface area (Å²) in [5.41, 5.74) is 1.69. The number of hydrogen-bond donors (Lipinski definition) is 0. The maximum Gasteiger partial charge on any atom is 0.334 e. The van der Waals surface area contributed by atoms with Crippen LogP contribution in [0.2, 0.25) is 0 Å². The Labute approximate surface area is 133 Å². The lowest BCUT2D eigenvalue weighted by Gasteiger charge is -1.94. The van der Waals surface area contributed by atoms with Gasteiger partial charge in [-0.2, -0.15) is 0 Å². The third-order valence-corrected chi connectivity index (χ3v) is 3.70. The van der Waals surface area contributed by atoms with Crippen molar-refractivity contribution in [1.82, 2.24) is 0 Å². The minimum Gasteiger partial charge on any atom is -0.459 e. The fourth-order valence-corrected chi connectivity index (χ4v) is 2.46. The lowest BCUT2D eigenvalue weighted by atomic mass is 10.1. The van der Waals surface area contributed by atoms with Crippen LogP contribution in [0.5, 0.6) is 0 Å². The Morgan fingerprint density at radius 3 is 1.91 bits per heavy atom. The molecule has 0 aromatic carbocycles. The third-order valence-electron chi connectivity index (χ3n) is 3.70. The molecule has 22 heavy (non-hydrogen) atoms. The summed E-state index contributed by atoms with van der Waals surface area (Å²) < 4.78 is 9.88. The van der Waals surface area contributed by atoms with Crippen LogP contribution in [0, 0.1) is 0 Å². The Morgan fingerprint density at radius 1 is 1.00 bits per heavy atom. The standard InChI is InChI=1S/C11H18O2.C7H10O2/c1-3-4-5-6-7-10-8-9(2)13-11(10)12;1-3-6-4-5(2)9-7(6)8/h7,9H,3-6,8H2,1-2H3;3,5H,4H2,1-2H3. The summed E-state index contributed by atoms with van der Waals surface area (Å²) in [4.78, 5) is 21.9. The molecule has 0 N–H and O–H groups in total. The average molecular weight is 308 g/mol. The fourth-order valence-electron chi connectivity index (χ4n) is 2.46. The summed E-state index contributed by atoms with van der Waals surface area (Å²) in [6.07, 6.45) is 10.3. The summed E-state index contributed by atoms with van der Waals surface area (Å²) in [6, 6.07) is 0. The smallest absolute Gasteiger partial charge is 0.334 e. The first kappa shape index (κ1) is 18.5. The SMILES string of the molecule is CC=C1CC(C)OC1=O.CCCCCC=C1CC(C)OC1=O. The Balaban J connectivity index is 0.000000235. The summed E-state index contributed by atoms with van der Waals surface area (Å²) in [6.45, 7) is 7.87. The molecule has 2 aliphatic rings. The Bertz CT molecular complexity index is 448. The highest BCUT2D eigenvalue weighted by Gasteiger charge is 2.24. The van der Waals surface area contributed by atoms with Gasteiger partial charge < -0.3 is 9.47 Å². The van der Waals surface area contributed by atoms with E-state index in [-0.39, 0.29) is 24.1 Å². The van der Waals surface area contributed by atoms with E-state index in [1.54, 1.807) is 0 Å². The van der Waals surface area contributed by atoms with Crippen LogP contribution in [0.4, 0.5) is 0 Å². The van der Waals surface area contributed by atoms with Gasteiger partial charge in [-0.05, 0) is 33.6 Å². The largest absolute Gasteiger partial charge is 0.459 e. The predicted molar refractivity (Wildman–Crippen MR) is 86.3 cm³/mol. The van der Waals surface area contributed by atoms with Crippen molar-refractivity contribution in [2.45, 2.75) is 78.4 Å². The second-order valence-corrected chi connectivity index (χ2v) is 5.88. The molecular formula is C18H28O4. The summed E-state index contributed by atoms with van der Waals surface area (Å²) in [5.74, 6) is -0.256. The van der Waals surface area contributed by atoms with Crippen molar-refractivity contribution in [2.24, 2.45) is 0 Å². The van der Waals surface area contributed by atoms with Crippen molar-refractivity contribution in [3.8, 4) is 0 Å². The van der Waals surface area contributed by atoms with Crippen molar-refractivity contribution in [1.29, 1.82) is 0 Å². The molecule has 2 aliphatic heterocycles. The topological polar surface area (TPSA) is 52.6 Å². The first-order valence-corrected chi connectivity index (χ1v) is 8.24. The van der Waals surface area contributed by atoms with Gasteiger partial charge in [-0.3, -0.25) is 0 Å². The fraction of sp³-hybridized carbons (Fsp3) is 0.667. The summed E-state index contributed by atoms with van der Waals surface area (Å²) in [5, 5.41) is 0. The van der Waals surface area contributed by atoms with Gasteiger partial charge in [-0.1, -0.05) is 31.9 Å². The highest BCUT2D eigenvalue weighted by Crippen LogP contribution is 2.20. The summed E-state index contributed by atoms with van der Waals surface area (Å²) in [7, 11) is 0. The molecule has 2 rings (SSSR count). The van der Waals surface area contributed by atoms with Gasteiger partial charge in [0.25, 0.3) is 0 Å². The molecule has 0 aliphatic carbocycles. The van der Waals surface area contributed by atoms with E-state index in [9.17, 15) is 9.59 Å². The zero-order valence-corrected chi connectivity index (χ0v) is 14.2. The molecule has 2 saturated heterocycles. The van der Waals surface area contributed by atoms with Crippen molar-refractivity contribution in [3.05, 3.63) is 23.3 Å². The molecular weight excluding hydrogens is 280 g/mol. The molecule has 0 saturated carbocycles. The molecule has 0 bridgehead atoms. The van der Waals surface area contributed by atoms with Gasteiger partial charge in [-0.25, -0.2) is 9.59 Å². The minimum absolute atomic E-state index is 0.0868. The molecule has 0 aromatic heterocycles. The molecule has 4 nitrogen and oxygen atoms in total. The van der Waals surface area contributed by atoms with E-state index >= 15 is 0 Å². The zero-order chi connectivity index (χ0) is 16.5. The van der Waals surface area contributed by atoms with Crippen LogP contribution in [0.25, 0.3) is 0 Å². The average Bonchev–Trinajstić information content (AvgIpc) is 2.96. The summed E-state index contributed by atoms with van der Waals surface area (Å²) >= 11 is 0. The first-order valence-electron chi connectivity index (χ1n) is 8.24. The van der Waals surface area contributed by atoms with Gasteiger partial charge in [0.05, 0.1) is 0 Å². The monoisotopic (exact) mass is 308 g/mol. The van der Waals surface area contributed by atoms with Crippen LogP contribution in [-0.4, -0.2) is 24.1 Å². The Morgan fingerprint density at radius 2 is 1.55 bits per heavy atom. The number of unbranched alkanes of at least 4 members (excludes halogenated alkanes) is 3. The number of esters is 2. The first-order chi connectivity index (χ1) is 10.5. The lowest BCUT2D eigenvalue weighted by molar-refractivity contribution is -0.139. The van der Waals surface area contributed by atoms with Crippen LogP contribution in [0.3, 0.4) is 0 Å². The molecule has 0 amide bonds. The Hall–Kier alpha value is -1.58. The number of rotatable bonds is 4. The molecule has 0 radical (unpaired) electrons. The van der Waals surface area contributed by atoms with Crippen LogP contribution < -0.4 is 0 Å². The number of carbonyl (C=O) groups is 2. The van der Waals surface area contributed by atoms with Gasteiger partial charge in [0, 0.05) is 24.0 Å². The van der Waals surface area contributed by atoms with E-state index < -0.39 is 0 Å². The normalized spacial score (nSPS) is 27.6. The quantitative estimate of drug-likeness (QED) is 0.446. The van der Waals surface area contributed by atoms with Gasteiger partial charge in [0.2, 0.25) is 0 Å². The van der Waals surface area contributed by atoms with E-state index in [1.165, 1.54) is 19.3 Å². The second kappa shape index (κ2) is 9.44. The number of ether oxygens (including phenoxy) is 2. The number of hydrogen-bond acceptors (Lipinski definition) is 4. The van der Waals surface area contributed by atoms with Crippen molar-refractivity contribution in [3.63, 3.8) is 0 Å². The molecule has 0 aromatic rings. The van der Waals surface area contributed by atoms with Crippen LogP contribution in [-0.2, 0) is 19.1 Å². The second-order valence-electron chi connectivity index (χ2n) is 5.88. The molecule has 4 heteroatoms. The van der Waals surface area contributed by atoms with Gasteiger partial charge in [-0.15, -0.1) is 0 Å². The Kier molecular flexibility index (Phi) is 7.92. The third kappa shape index (κ3) is 6.04. The van der Waals surface area contributed by atoms with Crippen molar-refractivity contribution in [2.75, 3.05) is 0 Å². The van der Waals surface area contributed by atoms with Crippen LogP contribution >= 0.6 is 0 Å². The molecule has 0 spiro atoms. The number of allylic oxidation sites excluding steroid dienone is 2. The number of carbonyl (C=O) groups excluding carboxylic acids is 2. The van der Waals surface area contributed by atoms with Crippen LogP contribution in [0.1, 0.15) is 66.2 Å². The molecule has 2 heterocycles. The van der Waals surface area contributed by atoms with Gasteiger partial charge in [0.1, 0.15) is 12.2 Å². The van der Waals surface area contributed by atoms with Crippen LogP contribution in [0.15, 0.2) is 23.3 Å². The molecule has 2 fully saturated rings. The van der Waals surface area contributed by atoms with Crippen molar-refractivity contribution < 1.29 is 19.1 Å². The highest BCUT2D eigenvalue weighted by atomic mass is 16.6. The highest BCUT2D eigenvalue weighted by molar-refractivity contribution is 5.90. The van der Waals surface area contributed by atoms with Gasteiger partial charge >= 0.3 is 11.9 Å². The van der Waals surface area contributed by atoms with E-state index in [4.69, 9.17) is 9.47 Å². The lowest BCUT2D eigenvalue weighted by Crippen LogP contribution is -1.99. The number of cyclic esters (lactones) is 2. The maximum atomic E-state index is 11.2. The van der Waals surface area contributed by atoms with E-state index in [1.807, 2.05) is 32.9 Å². The van der Waals surface area contributed by atoms with E-state index in [2.05, 4.69) is 6.92 Å². The van der Waals surface area contributed by atoms with E-state index in [0.717, 1.165) is 30.4 Å². The van der Waals surface area contributed by atoms with E-state index in [0.29, 0.717) is 0 Å². The minimum atomic E-state index is -0.148. The van der Waals surface area contributed by atoms with Crippen molar-refractivity contribution >= 4 is 11.9 Å². The molecule has 124 valence electrons. The predicted octanol–water partition coefficient (Wildman–Crippen LogP) is 4.10. The van der Waals surface area contributed by atoms with Gasteiger partial charge in [0.15, 0.2) is 0 Å². The molecule has 2 unspecified atom stereocenters. The zero-order valence-electron chi connectivity index (χ0n) is 14.2. The molecule has 2 atom stereocenters.